The molecule has 1 aliphatic rings. The Morgan fingerprint density at radius 2 is 1.66 bits per heavy atom. The first kappa shape index (κ1) is 20.5. The van der Waals surface area contributed by atoms with Gasteiger partial charge < -0.3 is 10.1 Å². The van der Waals surface area contributed by atoms with Gasteiger partial charge in [0.1, 0.15) is 5.75 Å². The first-order chi connectivity index (χ1) is 15.8. The fourth-order valence-corrected chi connectivity index (χ4v) is 4.54. The maximum atomic E-state index is 13.7. The van der Waals surface area contributed by atoms with Gasteiger partial charge >= 0.3 is 0 Å². The molecular weight excluding hydrogens is 394 g/mol. The van der Waals surface area contributed by atoms with E-state index < -0.39 is 0 Å². The van der Waals surface area contributed by atoms with Crippen molar-refractivity contribution in [3.05, 3.63) is 102 Å². The molecule has 1 saturated heterocycles. The molecule has 32 heavy (non-hydrogen) atoms. The lowest BCUT2D eigenvalue weighted by molar-refractivity contribution is 0.104. The zero-order valence-electron chi connectivity index (χ0n) is 18.1. The van der Waals surface area contributed by atoms with E-state index in [1.165, 1.54) is 12.8 Å². The van der Waals surface area contributed by atoms with Gasteiger partial charge in [0.25, 0.3) is 0 Å². The minimum absolute atomic E-state index is 0.0300. The van der Waals surface area contributed by atoms with Gasteiger partial charge in [-0.05, 0) is 72.0 Å². The number of carbonyl (C=O) groups excluding carboxylic acids is 1. The van der Waals surface area contributed by atoms with E-state index in [4.69, 9.17) is 4.74 Å². The molecule has 1 unspecified atom stereocenters. The highest BCUT2D eigenvalue weighted by Gasteiger charge is 2.18. The number of nitrogens with one attached hydrogen (secondary N) is 1. The van der Waals surface area contributed by atoms with Crippen molar-refractivity contribution in [2.24, 2.45) is 0 Å². The van der Waals surface area contributed by atoms with Crippen molar-refractivity contribution < 1.29 is 9.53 Å². The molecule has 160 valence electrons. The second kappa shape index (κ2) is 9.37. The van der Waals surface area contributed by atoms with E-state index in [1.807, 2.05) is 60.7 Å². The molecule has 0 aliphatic carbocycles. The van der Waals surface area contributed by atoms with E-state index in [9.17, 15) is 4.79 Å². The Kier molecular flexibility index (Phi) is 6.00. The highest BCUT2D eigenvalue weighted by molar-refractivity contribution is 6.20. The van der Waals surface area contributed by atoms with Crippen molar-refractivity contribution in [1.82, 2.24) is 5.32 Å². The molecule has 0 spiro atoms. The lowest BCUT2D eigenvalue weighted by Gasteiger charge is -2.14. The maximum Gasteiger partial charge on any atom is 0.194 e. The van der Waals surface area contributed by atoms with Crippen LogP contribution in [0.5, 0.6) is 5.75 Å². The summed E-state index contributed by atoms with van der Waals surface area (Å²) in [6.07, 6.45) is 3.49. The third-order valence-electron chi connectivity index (χ3n) is 6.25. The van der Waals surface area contributed by atoms with Crippen LogP contribution in [-0.2, 0) is 0 Å². The number of benzene rings is 4. The van der Waals surface area contributed by atoms with Crippen molar-refractivity contribution in [1.29, 1.82) is 0 Å². The number of hydrogen-bond acceptors (Lipinski definition) is 3. The van der Waals surface area contributed by atoms with Crippen molar-refractivity contribution in [3.63, 3.8) is 0 Å². The smallest absolute Gasteiger partial charge is 0.194 e. The van der Waals surface area contributed by atoms with Crippen molar-refractivity contribution in [2.45, 2.75) is 25.3 Å². The minimum atomic E-state index is 0.0300. The summed E-state index contributed by atoms with van der Waals surface area (Å²) in [5, 5.41) is 5.53. The number of fused-ring (bicyclic) bond motifs is 1. The summed E-state index contributed by atoms with van der Waals surface area (Å²) in [4.78, 5) is 13.7. The molecule has 3 heteroatoms. The number of ether oxygens (including phenoxy) is 1. The molecule has 0 aromatic heterocycles. The second-order valence-corrected chi connectivity index (χ2v) is 8.36. The van der Waals surface area contributed by atoms with E-state index in [2.05, 4.69) is 35.6 Å². The van der Waals surface area contributed by atoms with Crippen LogP contribution in [0.3, 0.4) is 0 Å². The van der Waals surface area contributed by atoms with Crippen LogP contribution in [0.4, 0.5) is 0 Å². The largest absolute Gasteiger partial charge is 0.494 e. The molecule has 0 saturated carbocycles. The van der Waals surface area contributed by atoms with Gasteiger partial charge in [0.2, 0.25) is 0 Å². The molecule has 0 amide bonds. The van der Waals surface area contributed by atoms with Gasteiger partial charge in [0.05, 0.1) is 6.61 Å². The molecule has 4 aromatic rings. The maximum absolute atomic E-state index is 13.7. The summed E-state index contributed by atoms with van der Waals surface area (Å²) in [6.45, 7) is 1.80. The highest BCUT2D eigenvalue weighted by atomic mass is 16.5. The van der Waals surface area contributed by atoms with Crippen molar-refractivity contribution in [2.75, 3.05) is 13.2 Å². The first-order valence-electron chi connectivity index (χ1n) is 11.4. The Balaban J connectivity index is 1.42. The van der Waals surface area contributed by atoms with Crippen molar-refractivity contribution >= 4 is 16.6 Å². The fourth-order valence-electron chi connectivity index (χ4n) is 4.54. The Morgan fingerprint density at radius 3 is 2.44 bits per heavy atom. The third kappa shape index (κ3) is 4.30. The standard InChI is InChI=1S/C29H27NO2/c31-29(23-12-15-25(16-13-23)32-20-18-24-10-6-19-30-24)28-26-11-5-4-9-22(26)14-17-27(28)21-7-2-1-3-8-21/h1-5,7-9,11-17,24,30H,6,10,18-20H2. The van der Waals surface area contributed by atoms with Gasteiger partial charge in [-0.2, -0.15) is 0 Å². The first-order valence-corrected chi connectivity index (χ1v) is 11.4. The third-order valence-corrected chi connectivity index (χ3v) is 6.25. The van der Waals surface area contributed by atoms with Crippen LogP contribution < -0.4 is 10.1 Å². The van der Waals surface area contributed by atoms with E-state index in [1.54, 1.807) is 0 Å². The lowest BCUT2D eigenvalue weighted by Crippen LogP contribution is -2.23. The summed E-state index contributed by atoms with van der Waals surface area (Å²) in [5.41, 5.74) is 3.42. The van der Waals surface area contributed by atoms with Gasteiger partial charge in [-0.15, -0.1) is 0 Å². The Hall–Kier alpha value is -3.43. The predicted octanol–water partition coefficient (Wildman–Crippen LogP) is 6.26. The molecule has 1 aliphatic heterocycles. The predicted molar refractivity (Wildman–Crippen MR) is 130 cm³/mol. The minimum Gasteiger partial charge on any atom is -0.494 e. The van der Waals surface area contributed by atoms with Crippen molar-refractivity contribution in [3.8, 4) is 16.9 Å². The second-order valence-electron chi connectivity index (χ2n) is 8.36. The molecule has 1 fully saturated rings. The number of rotatable bonds is 7. The summed E-state index contributed by atoms with van der Waals surface area (Å²) in [6, 6.07) is 30.5. The van der Waals surface area contributed by atoms with E-state index in [0.717, 1.165) is 46.2 Å². The number of hydrogen-bond donors (Lipinski definition) is 1. The molecular formula is C29H27NO2. The molecule has 1 atom stereocenters. The lowest BCUT2D eigenvalue weighted by atomic mass is 9.89. The van der Waals surface area contributed by atoms with E-state index in [-0.39, 0.29) is 5.78 Å². The quantitative estimate of drug-likeness (QED) is 0.358. The molecule has 0 radical (unpaired) electrons. The summed E-state index contributed by atoms with van der Waals surface area (Å²) >= 11 is 0. The van der Waals surface area contributed by atoms with Gasteiger partial charge in [-0.25, -0.2) is 0 Å². The van der Waals surface area contributed by atoms with Crippen LogP contribution in [0.15, 0.2) is 91.0 Å². The van der Waals surface area contributed by atoms with Crippen LogP contribution in [0.2, 0.25) is 0 Å². The summed E-state index contributed by atoms with van der Waals surface area (Å²) < 4.78 is 5.92. The zero-order chi connectivity index (χ0) is 21.8. The topological polar surface area (TPSA) is 38.3 Å². The molecule has 3 nitrogen and oxygen atoms in total. The van der Waals surface area contributed by atoms with Crippen LogP contribution in [0.1, 0.15) is 35.2 Å². The average Bonchev–Trinajstić information content (AvgIpc) is 3.37. The van der Waals surface area contributed by atoms with Crippen LogP contribution in [0.25, 0.3) is 21.9 Å². The Morgan fingerprint density at radius 1 is 0.875 bits per heavy atom. The molecule has 1 N–H and O–H groups in total. The zero-order valence-corrected chi connectivity index (χ0v) is 18.1. The van der Waals surface area contributed by atoms with E-state index >= 15 is 0 Å². The molecule has 4 aromatic carbocycles. The van der Waals surface area contributed by atoms with Gasteiger partial charge in [0.15, 0.2) is 5.78 Å². The van der Waals surface area contributed by atoms with Gasteiger partial charge in [-0.3, -0.25) is 4.79 Å². The van der Waals surface area contributed by atoms with Crippen LogP contribution in [0, 0.1) is 0 Å². The Bertz CT molecular complexity index is 1210. The molecule has 5 rings (SSSR count). The van der Waals surface area contributed by atoms with Crippen LogP contribution >= 0.6 is 0 Å². The summed E-state index contributed by atoms with van der Waals surface area (Å²) in [7, 11) is 0. The SMILES string of the molecule is O=C(c1ccc(OCCC2CCCN2)cc1)c1c(-c2ccccc2)ccc2ccccc12. The summed E-state index contributed by atoms with van der Waals surface area (Å²) in [5.74, 6) is 0.836. The average molecular weight is 422 g/mol. The van der Waals surface area contributed by atoms with Crippen LogP contribution in [-0.4, -0.2) is 25.0 Å². The van der Waals surface area contributed by atoms with Gasteiger partial charge in [-0.1, -0.05) is 66.7 Å². The number of ketones is 1. The number of carbonyl (C=O) groups is 1. The monoisotopic (exact) mass is 421 g/mol. The van der Waals surface area contributed by atoms with E-state index in [0.29, 0.717) is 18.2 Å². The Labute approximate surface area is 189 Å². The highest BCUT2D eigenvalue weighted by Crippen LogP contribution is 2.32. The normalized spacial score (nSPS) is 15.7. The fraction of sp³-hybridized carbons (Fsp3) is 0.207. The van der Waals surface area contributed by atoms with Gasteiger partial charge in [0, 0.05) is 17.2 Å². The molecule has 0 bridgehead atoms. The molecule has 1 heterocycles.